The van der Waals surface area contributed by atoms with E-state index in [1.165, 1.54) is 0 Å². The van der Waals surface area contributed by atoms with Crippen molar-refractivity contribution in [3.8, 4) is 5.75 Å². The number of hydrogen-bond donors (Lipinski definition) is 1. The minimum Gasteiger partial charge on any atom is -0.872 e. The SMILES string of the molecule is O=C(CN=Cc1cc([N+](=O)[O-])ccc1[O-])Nc1ccc(F)c(F)c1F. The lowest BCUT2D eigenvalue weighted by atomic mass is 10.2. The molecule has 25 heavy (non-hydrogen) atoms. The largest absolute Gasteiger partial charge is 0.872 e. The van der Waals surface area contributed by atoms with Crippen molar-refractivity contribution in [1.29, 1.82) is 0 Å². The average Bonchev–Trinajstić information content (AvgIpc) is 2.57. The number of hydrogen-bond acceptors (Lipinski definition) is 5. The van der Waals surface area contributed by atoms with E-state index in [0.29, 0.717) is 6.07 Å². The molecule has 2 rings (SSSR count). The molecule has 0 saturated heterocycles. The molecule has 7 nitrogen and oxygen atoms in total. The van der Waals surface area contributed by atoms with Gasteiger partial charge in [0.2, 0.25) is 5.91 Å². The van der Waals surface area contributed by atoms with E-state index in [4.69, 9.17) is 0 Å². The summed E-state index contributed by atoms with van der Waals surface area (Å²) in [7, 11) is 0. The fourth-order valence-electron chi connectivity index (χ4n) is 1.79. The van der Waals surface area contributed by atoms with E-state index in [-0.39, 0.29) is 11.3 Å². The first-order valence-electron chi connectivity index (χ1n) is 6.68. The van der Waals surface area contributed by atoms with Gasteiger partial charge in [-0.3, -0.25) is 19.9 Å². The topological polar surface area (TPSA) is 108 Å². The van der Waals surface area contributed by atoms with Gasteiger partial charge < -0.3 is 10.4 Å². The summed E-state index contributed by atoms with van der Waals surface area (Å²) in [6.45, 7) is -0.569. The third kappa shape index (κ3) is 4.31. The second-order valence-corrected chi connectivity index (χ2v) is 4.72. The molecule has 130 valence electrons. The van der Waals surface area contributed by atoms with E-state index in [9.17, 15) is 33.2 Å². The van der Waals surface area contributed by atoms with Gasteiger partial charge in [0.25, 0.3) is 5.69 Å². The molecule has 0 atom stereocenters. The van der Waals surface area contributed by atoms with E-state index in [1.807, 2.05) is 5.32 Å². The van der Waals surface area contributed by atoms with Gasteiger partial charge in [0.05, 0.1) is 10.6 Å². The number of non-ortho nitro benzene ring substituents is 1. The zero-order chi connectivity index (χ0) is 18.6. The van der Waals surface area contributed by atoms with Gasteiger partial charge >= 0.3 is 0 Å². The van der Waals surface area contributed by atoms with Gasteiger partial charge in [-0.1, -0.05) is 11.8 Å². The summed E-state index contributed by atoms with van der Waals surface area (Å²) in [6, 6.07) is 4.48. The lowest BCUT2D eigenvalue weighted by Crippen LogP contribution is -2.16. The van der Waals surface area contributed by atoms with Gasteiger partial charge in [-0.15, -0.1) is 0 Å². The Labute approximate surface area is 138 Å². The molecule has 0 bridgehead atoms. The minimum atomic E-state index is -1.73. The molecule has 0 fully saturated rings. The fraction of sp³-hybridized carbons (Fsp3) is 0.0667. The Morgan fingerprint density at radius 1 is 1.20 bits per heavy atom. The van der Waals surface area contributed by atoms with Crippen LogP contribution in [-0.4, -0.2) is 23.6 Å². The standard InChI is InChI=1S/C15H10F3N3O4/c16-10-2-3-11(15(18)14(10)17)20-13(23)7-19-6-8-5-9(21(24)25)1-4-12(8)22/h1-6,22H,7H2,(H,20,23)/p-1. The van der Waals surface area contributed by atoms with Crippen LogP contribution in [0.3, 0.4) is 0 Å². The molecule has 10 heteroatoms. The van der Waals surface area contributed by atoms with Crippen LogP contribution >= 0.6 is 0 Å². The van der Waals surface area contributed by atoms with Crippen molar-refractivity contribution in [2.75, 3.05) is 11.9 Å². The number of amides is 1. The van der Waals surface area contributed by atoms with Gasteiger partial charge in [-0.25, -0.2) is 13.2 Å². The minimum absolute atomic E-state index is 0.110. The molecule has 0 aliphatic heterocycles. The highest BCUT2D eigenvalue weighted by Gasteiger charge is 2.14. The number of rotatable bonds is 5. The molecular weight excluding hydrogens is 343 g/mol. The molecule has 0 saturated carbocycles. The molecule has 2 aromatic carbocycles. The molecule has 0 spiro atoms. The van der Waals surface area contributed by atoms with Crippen LogP contribution in [0.25, 0.3) is 0 Å². The second-order valence-electron chi connectivity index (χ2n) is 4.72. The van der Waals surface area contributed by atoms with Gasteiger partial charge in [-0.05, 0) is 17.7 Å². The number of nitrogens with one attached hydrogen (secondary N) is 1. The number of nitro groups is 1. The fourth-order valence-corrected chi connectivity index (χ4v) is 1.79. The Morgan fingerprint density at radius 2 is 1.92 bits per heavy atom. The summed E-state index contributed by atoms with van der Waals surface area (Å²) in [5, 5.41) is 24.2. The van der Waals surface area contributed by atoms with Crippen LogP contribution in [0.15, 0.2) is 35.3 Å². The number of halogens is 3. The van der Waals surface area contributed by atoms with Crippen molar-refractivity contribution in [1.82, 2.24) is 0 Å². The average molecular weight is 352 g/mol. The molecule has 0 aromatic heterocycles. The highest BCUT2D eigenvalue weighted by atomic mass is 19.2. The van der Waals surface area contributed by atoms with Crippen LogP contribution in [0, 0.1) is 27.6 Å². The maximum Gasteiger partial charge on any atom is 0.270 e. The predicted molar refractivity (Wildman–Crippen MR) is 79.9 cm³/mol. The van der Waals surface area contributed by atoms with Crippen molar-refractivity contribution in [2.45, 2.75) is 0 Å². The summed E-state index contributed by atoms with van der Waals surface area (Å²) in [5.41, 5.74) is -1.01. The number of benzene rings is 2. The number of carbonyl (C=O) groups excluding carboxylic acids is 1. The summed E-state index contributed by atoms with van der Waals surface area (Å²) in [4.78, 5) is 25.2. The van der Waals surface area contributed by atoms with Gasteiger partial charge in [0.1, 0.15) is 6.54 Å². The Morgan fingerprint density at radius 3 is 2.60 bits per heavy atom. The van der Waals surface area contributed by atoms with E-state index >= 15 is 0 Å². The van der Waals surface area contributed by atoms with Crippen molar-refractivity contribution in [3.05, 3.63) is 63.5 Å². The molecule has 0 aliphatic carbocycles. The molecule has 2 aromatic rings. The Kier molecular flexibility index (Phi) is 5.32. The number of aliphatic imine (C=N–C) groups is 1. The number of nitro benzene ring substituents is 1. The van der Waals surface area contributed by atoms with Crippen molar-refractivity contribution < 1.29 is 28.0 Å². The molecule has 0 unspecified atom stereocenters. The quantitative estimate of drug-likeness (QED) is 0.385. The van der Waals surface area contributed by atoms with Crippen molar-refractivity contribution in [2.24, 2.45) is 4.99 Å². The Hall–Kier alpha value is -3.43. The first-order valence-corrected chi connectivity index (χ1v) is 6.68. The summed E-state index contributed by atoms with van der Waals surface area (Å²) < 4.78 is 39.2. The number of carbonyl (C=O) groups is 1. The Balaban J connectivity index is 2.05. The third-order valence-corrected chi connectivity index (χ3v) is 2.98. The van der Waals surface area contributed by atoms with Crippen LogP contribution in [0.2, 0.25) is 0 Å². The van der Waals surface area contributed by atoms with Crippen LogP contribution < -0.4 is 10.4 Å². The Bertz CT molecular complexity index is 871. The van der Waals surface area contributed by atoms with Crippen LogP contribution in [0.4, 0.5) is 24.5 Å². The smallest absolute Gasteiger partial charge is 0.270 e. The molecular formula is C15H9F3N3O4-. The van der Waals surface area contributed by atoms with Gasteiger partial charge in [-0.2, -0.15) is 0 Å². The molecule has 0 radical (unpaired) electrons. The monoisotopic (exact) mass is 352 g/mol. The van der Waals surface area contributed by atoms with Gasteiger partial charge in [0, 0.05) is 18.3 Å². The van der Waals surface area contributed by atoms with Gasteiger partial charge in [0.15, 0.2) is 17.5 Å². The lowest BCUT2D eigenvalue weighted by molar-refractivity contribution is -0.385. The van der Waals surface area contributed by atoms with Crippen LogP contribution in [-0.2, 0) is 4.79 Å². The first-order chi connectivity index (χ1) is 11.8. The summed E-state index contributed by atoms with van der Waals surface area (Å²) >= 11 is 0. The predicted octanol–water partition coefficient (Wildman–Crippen LogP) is 2.14. The highest BCUT2D eigenvalue weighted by Crippen LogP contribution is 2.20. The van der Waals surface area contributed by atoms with E-state index in [0.717, 1.165) is 30.5 Å². The third-order valence-electron chi connectivity index (χ3n) is 2.98. The first kappa shape index (κ1) is 17.9. The molecule has 0 heterocycles. The zero-order valence-electron chi connectivity index (χ0n) is 12.3. The van der Waals surface area contributed by atoms with Crippen molar-refractivity contribution >= 4 is 23.5 Å². The van der Waals surface area contributed by atoms with E-state index < -0.39 is 46.3 Å². The molecule has 1 amide bonds. The maximum atomic E-state index is 13.4. The maximum absolute atomic E-state index is 13.4. The summed E-state index contributed by atoms with van der Waals surface area (Å²) in [5.74, 6) is -6.09. The molecule has 0 aliphatic rings. The van der Waals surface area contributed by atoms with Crippen molar-refractivity contribution in [3.63, 3.8) is 0 Å². The summed E-state index contributed by atoms with van der Waals surface area (Å²) in [6.07, 6.45) is 0.955. The normalized spacial score (nSPS) is 10.8. The number of anilines is 1. The second kappa shape index (κ2) is 7.43. The zero-order valence-corrected chi connectivity index (χ0v) is 12.3. The van der Waals surface area contributed by atoms with E-state index in [2.05, 4.69) is 4.99 Å². The lowest BCUT2D eigenvalue weighted by Gasteiger charge is -2.09. The van der Waals surface area contributed by atoms with Crippen LogP contribution in [0.1, 0.15) is 5.56 Å². The molecule has 1 N–H and O–H groups in total. The van der Waals surface area contributed by atoms with Crippen LogP contribution in [0.5, 0.6) is 5.75 Å². The highest BCUT2D eigenvalue weighted by molar-refractivity contribution is 5.94. The number of nitrogens with zero attached hydrogens (tertiary/aromatic N) is 2. The van der Waals surface area contributed by atoms with E-state index in [1.54, 1.807) is 0 Å².